The van der Waals surface area contributed by atoms with Gasteiger partial charge in [-0.1, -0.05) is 29.8 Å². The molecule has 146 valence electrons. The highest BCUT2D eigenvalue weighted by Gasteiger charge is 2.26. The van der Waals surface area contributed by atoms with Gasteiger partial charge in [-0.15, -0.1) is 0 Å². The molecule has 0 spiro atoms. The minimum Gasteiger partial charge on any atom is -0.358 e. The monoisotopic (exact) mass is 399 g/mol. The molecule has 0 aromatic heterocycles. The van der Waals surface area contributed by atoms with Gasteiger partial charge in [-0.05, 0) is 30.3 Å². The number of carbonyl (C=O) groups excluding carboxylic acids is 3. The number of rotatable bonds is 5. The molecule has 0 bridgehead atoms. The molecule has 1 aliphatic heterocycles. The van der Waals surface area contributed by atoms with Gasteiger partial charge in [0.25, 0.3) is 5.91 Å². The second-order valence-electron chi connectivity index (χ2n) is 6.62. The Balaban J connectivity index is 1.74. The van der Waals surface area contributed by atoms with E-state index >= 15 is 0 Å². The van der Waals surface area contributed by atoms with Crippen LogP contribution in [0.5, 0.6) is 0 Å². The summed E-state index contributed by atoms with van der Waals surface area (Å²) in [4.78, 5) is 41.2. The Labute approximate surface area is 169 Å². The van der Waals surface area contributed by atoms with Gasteiger partial charge in [-0.25, -0.2) is 0 Å². The first-order chi connectivity index (χ1) is 13.5. The first-order valence-corrected chi connectivity index (χ1v) is 9.49. The van der Waals surface area contributed by atoms with E-state index in [1.54, 1.807) is 60.5 Å². The van der Waals surface area contributed by atoms with Crippen LogP contribution < -0.4 is 5.32 Å². The van der Waals surface area contributed by atoms with Gasteiger partial charge < -0.3 is 10.2 Å². The average Bonchev–Trinajstić information content (AvgIpc) is 2.73. The summed E-state index contributed by atoms with van der Waals surface area (Å²) in [5, 5.41) is 3.16. The van der Waals surface area contributed by atoms with Crippen molar-refractivity contribution in [1.82, 2.24) is 15.1 Å². The quantitative estimate of drug-likeness (QED) is 0.781. The number of benzene rings is 2. The fraction of sp³-hybridized carbons (Fsp3) is 0.286. The minimum absolute atomic E-state index is 0.0429. The van der Waals surface area contributed by atoms with Crippen molar-refractivity contribution in [3.8, 4) is 0 Å². The summed E-state index contributed by atoms with van der Waals surface area (Å²) in [5.41, 5.74) is 1.25. The Morgan fingerprint density at radius 2 is 1.54 bits per heavy atom. The molecule has 2 amide bonds. The molecule has 0 unspecified atom stereocenters. The summed E-state index contributed by atoms with van der Waals surface area (Å²) in [5.74, 6) is -0.421. The standard InChI is InChI=1S/C21H22ClN3O3/c1-23-19(26)14-24-10-12-25(13-11-24)21(28)18-5-3-2-4-17(18)20(27)15-6-8-16(22)9-7-15/h2-9H,10-14H2,1H3,(H,23,26). The SMILES string of the molecule is CNC(=O)CN1CCN(C(=O)c2ccccc2C(=O)c2ccc(Cl)cc2)CC1. The van der Waals surface area contributed by atoms with E-state index in [1.807, 2.05) is 4.90 Å². The van der Waals surface area contributed by atoms with Crippen LogP contribution in [0.3, 0.4) is 0 Å². The van der Waals surface area contributed by atoms with Crippen LogP contribution in [0.15, 0.2) is 48.5 Å². The molecule has 0 atom stereocenters. The van der Waals surface area contributed by atoms with Crippen molar-refractivity contribution < 1.29 is 14.4 Å². The molecule has 1 heterocycles. The minimum atomic E-state index is -0.209. The number of hydrogen-bond donors (Lipinski definition) is 1. The van der Waals surface area contributed by atoms with Crippen molar-refractivity contribution in [2.24, 2.45) is 0 Å². The summed E-state index contributed by atoms with van der Waals surface area (Å²) < 4.78 is 0. The third-order valence-corrected chi connectivity index (χ3v) is 5.07. The van der Waals surface area contributed by atoms with Crippen LogP contribution >= 0.6 is 11.6 Å². The predicted octanol–water partition coefficient (Wildman–Crippen LogP) is 2.07. The zero-order valence-electron chi connectivity index (χ0n) is 15.7. The molecule has 0 aliphatic carbocycles. The number of nitrogens with zero attached hydrogens (tertiary/aromatic N) is 2. The molecule has 1 N–H and O–H groups in total. The van der Waals surface area contributed by atoms with Crippen LogP contribution in [0.2, 0.25) is 5.02 Å². The Hall–Kier alpha value is -2.70. The topological polar surface area (TPSA) is 69.7 Å². The van der Waals surface area contributed by atoms with Gasteiger partial charge in [0.1, 0.15) is 0 Å². The maximum Gasteiger partial charge on any atom is 0.254 e. The second kappa shape index (κ2) is 8.99. The molecule has 28 heavy (non-hydrogen) atoms. The zero-order valence-corrected chi connectivity index (χ0v) is 16.4. The molecule has 3 rings (SSSR count). The third-order valence-electron chi connectivity index (χ3n) is 4.81. The fourth-order valence-electron chi connectivity index (χ4n) is 3.19. The molecular formula is C21H22ClN3O3. The van der Waals surface area contributed by atoms with Gasteiger partial charge in [0.15, 0.2) is 5.78 Å². The second-order valence-corrected chi connectivity index (χ2v) is 7.06. The van der Waals surface area contributed by atoms with Crippen LogP contribution in [0.1, 0.15) is 26.3 Å². The number of carbonyl (C=O) groups is 3. The lowest BCUT2D eigenvalue weighted by Gasteiger charge is -2.34. The maximum atomic E-state index is 13.1. The lowest BCUT2D eigenvalue weighted by molar-refractivity contribution is -0.122. The zero-order chi connectivity index (χ0) is 20.1. The van der Waals surface area contributed by atoms with Gasteiger partial charge in [-0.3, -0.25) is 19.3 Å². The van der Waals surface area contributed by atoms with E-state index in [2.05, 4.69) is 5.32 Å². The lowest BCUT2D eigenvalue weighted by atomic mass is 9.97. The number of ketones is 1. The highest BCUT2D eigenvalue weighted by atomic mass is 35.5. The number of amides is 2. The van der Waals surface area contributed by atoms with Crippen LogP contribution in [0, 0.1) is 0 Å². The van der Waals surface area contributed by atoms with E-state index in [0.717, 1.165) is 0 Å². The van der Waals surface area contributed by atoms with Crippen LogP contribution in [0.4, 0.5) is 0 Å². The first kappa shape index (κ1) is 20.0. The number of hydrogen-bond acceptors (Lipinski definition) is 4. The Morgan fingerprint density at radius 1 is 0.929 bits per heavy atom. The number of nitrogens with one attached hydrogen (secondary N) is 1. The van der Waals surface area contributed by atoms with Gasteiger partial charge in [0.05, 0.1) is 12.1 Å². The summed E-state index contributed by atoms with van der Waals surface area (Å²) in [7, 11) is 1.61. The summed E-state index contributed by atoms with van der Waals surface area (Å²) in [6.07, 6.45) is 0. The summed E-state index contributed by atoms with van der Waals surface area (Å²) in [6.45, 7) is 2.59. The van der Waals surface area contributed by atoms with E-state index in [-0.39, 0.29) is 17.6 Å². The molecule has 1 aliphatic rings. The molecule has 6 nitrogen and oxygen atoms in total. The average molecular weight is 400 g/mol. The molecule has 2 aromatic rings. The van der Waals surface area contributed by atoms with Crippen LogP contribution in [-0.4, -0.2) is 67.2 Å². The number of piperazine rings is 1. The number of likely N-dealkylation sites (N-methyl/N-ethyl adjacent to an activating group) is 1. The van der Waals surface area contributed by atoms with Crippen molar-refractivity contribution in [2.75, 3.05) is 39.8 Å². The Bertz CT molecular complexity index is 875. The van der Waals surface area contributed by atoms with E-state index < -0.39 is 0 Å². The Morgan fingerprint density at radius 3 is 2.14 bits per heavy atom. The van der Waals surface area contributed by atoms with Crippen LogP contribution in [0.25, 0.3) is 0 Å². The molecule has 0 radical (unpaired) electrons. The highest BCUT2D eigenvalue weighted by Crippen LogP contribution is 2.19. The van der Waals surface area contributed by atoms with Gasteiger partial charge in [-0.2, -0.15) is 0 Å². The smallest absolute Gasteiger partial charge is 0.254 e. The molecular weight excluding hydrogens is 378 g/mol. The molecule has 7 heteroatoms. The largest absolute Gasteiger partial charge is 0.358 e. The van der Waals surface area contributed by atoms with E-state index in [4.69, 9.17) is 11.6 Å². The molecule has 0 saturated carbocycles. The third kappa shape index (κ3) is 4.58. The van der Waals surface area contributed by atoms with Gasteiger partial charge in [0, 0.05) is 49.4 Å². The van der Waals surface area contributed by atoms with E-state index in [1.165, 1.54) is 0 Å². The van der Waals surface area contributed by atoms with Gasteiger partial charge in [0.2, 0.25) is 5.91 Å². The van der Waals surface area contributed by atoms with Crippen molar-refractivity contribution in [2.45, 2.75) is 0 Å². The first-order valence-electron chi connectivity index (χ1n) is 9.11. The van der Waals surface area contributed by atoms with Crippen molar-refractivity contribution in [3.63, 3.8) is 0 Å². The van der Waals surface area contributed by atoms with E-state index in [9.17, 15) is 14.4 Å². The predicted molar refractivity (Wildman–Crippen MR) is 108 cm³/mol. The van der Waals surface area contributed by atoms with Crippen LogP contribution in [-0.2, 0) is 4.79 Å². The molecule has 1 fully saturated rings. The normalized spacial score (nSPS) is 14.6. The van der Waals surface area contributed by atoms with Crippen molar-refractivity contribution >= 4 is 29.2 Å². The summed E-state index contributed by atoms with van der Waals surface area (Å²) >= 11 is 5.90. The van der Waals surface area contributed by atoms with Crippen molar-refractivity contribution in [1.29, 1.82) is 0 Å². The summed E-state index contributed by atoms with van der Waals surface area (Å²) in [6, 6.07) is 13.5. The highest BCUT2D eigenvalue weighted by molar-refractivity contribution is 6.30. The fourth-order valence-corrected chi connectivity index (χ4v) is 3.31. The molecule has 2 aromatic carbocycles. The maximum absolute atomic E-state index is 13.1. The van der Waals surface area contributed by atoms with Crippen molar-refractivity contribution in [3.05, 3.63) is 70.2 Å². The Kier molecular flexibility index (Phi) is 6.44. The van der Waals surface area contributed by atoms with Gasteiger partial charge >= 0.3 is 0 Å². The van der Waals surface area contributed by atoms with E-state index in [0.29, 0.717) is 54.4 Å². The molecule has 1 saturated heterocycles. The number of halogens is 1. The lowest BCUT2D eigenvalue weighted by Crippen LogP contribution is -2.51.